The van der Waals surface area contributed by atoms with Crippen LogP contribution in [0.15, 0.2) is 48.5 Å². The molecule has 2 N–H and O–H groups in total. The fourth-order valence-electron chi connectivity index (χ4n) is 2.40. The summed E-state index contributed by atoms with van der Waals surface area (Å²) < 4.78 is 0. The maximum absolute atomic E-state index is 11.0. The van der Waals surface area contributed by atoms with Gasteiger partial charge in [0.1, 0.15) is 0 Å². The summed E-state index contributed by atoms with van der Waals surface area (Å²) in [4.78, 5) is 10.6. The molecule has 0 aromatic heterocycles. The van der Waals surface area contributed by atoms with Crippen LogP contribution in [0.3, 0.4) is 0 Å². The number of nitrogens with zero attached hydrogens (tertiary/aromatic N) is 1. The van der Waals surface area contributed by atoms with Crippen LogP contribution >= 0.6 is 0 Å². The Balaban J connectivity index is 2.10. The van der Waals surface area contributed by atoms with Crippen molar-refractivity contribution < 1.29 is 10.0 Å². The van der Waals surface area contributed by atoms with Gasteiger partial charge in [0.05, 0.1) is 4.92 Å². The first-order valence-electron chi connectivity index (χ1n) is 7.25. The molecule has 2 aromatic rings. The molecule has 2 rings (SSSR count). The van der Waals surface area contributed by atoms with Crippen molar-refractivity contribution in [1.29, 1.82) is 0 Å². The van der Waals surface area contributed by atoms with Crippen molar-refractivity contribution in [3.8, 4) is 0 Å². The van der Waals surface area contributed by atoms with Crippen LogP contribution < -0.4 is 5.32 Å². The zero-order valence-corrected chi connectivity index (χ0v) is 12.5. The average Bonchev–Trinajstić information content (AvgIpc) is 2.53. The number of nitro benzene ring substituents is 1. The fraction of sp³-hybridized carbons (Fsp3) is 0.294. The highest BCUT2D eigenvalue weighted by Gasteiger charge is 2.13. The Morgan fingerprint density at radius 1 is 1.23 bits per heavy atom. The summed E-state index contributed by atoms with van der Waals surface area (Å²) in [5, 5.41) is 23.6. The Bertz CT molecular complexity index is 629. The summed E-state index contributed by atoms with van der Waals surface area (Å²) in [5.74, 6) is 0. The van der Waals surface area contributed by atoms with E-state index in [0.717, 1.165) is 11.1 Å². The molecule has 0 amide bonds. The van der Waals surface area contributed by atoms with Crippen molar-refractivity contribution >= 4 is 5.69 Å². The highest BCUT2D eigenvalue weighted by atomic mass is 16.6. The van der Waals surface area contributed by atoms with Gasteiger partial charge in [-0.1, -0.05) is 42.5 Å². The highest BCUT2D eigenvalue weighted by Crippen LogP contribution is 2.21. The van der Waals surface area contributed by atoms with E-state index in [1.807, 2.05) is 36.4 Å². The summed E-state index contributed by atoms with van der Waals surface area (Å²) in [6, 6.07) is 15.1. The predicted octanol–water partition coefficient (Wildman–Crippen LogP) is 3.12. The molecule has 0 unspecified atom stereocenters. The van der Waals surface area contributed by atoms with Crippen molar-refractivity contribution in [2.24, 2.45) is 0 Å². The molecule has 116 valence electrons. The second-order valence-corrected chi connectivity index (χ2v) is 5.23. The maximum atomic E-state index is 11.0. The molecule has 22 heavy (non-hydrogen) atoms. The lowest BCUT2D eigenvalue weighted by Crippen LogP contribution is -2.22. The Morgan fingerprint density at radius 2 is 1.95 bits per heavy atom. The number of benzene rings is 2. The van der Waals surface area contributed by atoms with E-state index in [9.17, 15) is 15.2 Å². The Hall–Kier alpha value is -2.24. The van der Waals surface area contributed by atoms with Crippen molar-refractivity contribution in [2.75, 3.05) is 6.61 Å². The van der Waals surface area contributed by atoms with Crippen molar-refractivity contribution in [3.63, 3.8) is 0 Å². The van der Waals surface area contributed by atoms with Gasteiger partial charge < -0.3 is 10.4 Å². The van der Waals surface area contributed by atoms with Crippen LogP contribution in [-0.4, -0.2) is 16.6 Å². The van der Waals surface area contributed by atoms with Gasteiger partial charge >= 0.3 is 0 Å². The minimum Gasteiger partial charge on any atom is -0.396 e. The largest absolute Gasteiger partial charge is 0.396 e. The molecule has 0 saturated carbocycles. The van der Waals surface area contributed by atoms with Crippen LogP contribution in [0.2, 0.25) is 0 Å². The number of nitrogens with one attached hydrogen (secondary N) is 1. The molecule has 5 nitrogen and oxygen atoms in total. The number of nitro groups is 1. The summed E-state index contributed by atoms with van der Waals surface area (Å²) in [6.07, 6.45) is 0.595. The molecule has 2 aromatic carbocycles. The van der Waals surface area contributed by atoms with Gasteiger partial charge in [0.25, 0.3) is 5.69 Å². The molecule has 0 aliphatic carbocycles. The quantitative estimate of drug-likeness (QED) is 0.608. The number of hydrogen-bond acceptors (Lipinski definition) is 4. The molecule has 0 heterocycles. The fourth-order valence-corrected chi connectivity index (χ4v) is 2.40. The smallest absolute Gasteiger partial charge is 0.272 e. The van der Waals surface area contributed by atoms with Crippen LogP contribution in [0.5, 0.6) is 0 Å². The first-order valence-corrected chi connectivity index (χ1v) is 7.25. The van der Waals surface area contributed by atoms with Crippen molar-refractivity contribution in [2.45, 2.75) is 25.9 Å². The minimum absolute atomic E-state index is 0.0200. The van der Waals surface area contributed by atoms with E-state index in [2.05, 4.69) is 5.32 Å². The first kappa shape index (κ1) is 16.1. The van der Waals surface area contributed by atoms with Gasteiger partial charge in [0, 0.05) is 30.8 Å². The van der Waals surface area contributed by atoms with Crippen LogP contribution in [-0.2, 0) is 6.54 Å². The number of rotatable bonds is 7. The Kier molecular flexibility index (Phi) is 5.63. The summed E-state index contributed by atoms with van der Waals surface area (Å²) in [7, 11) is 0. The maximum Gasteiger partial charge on any atom is 0.272 e. The van der Waals surface area contributed by atoms with Gasteiger partial charge in [-0.2, -0.15) is 0 Å². The molecular formula is C17H20N2O3. The second kappa shape index (κ2) is 7.68. The normalized spacial score (nSPS) is 12.1. The number of aliphatic hydroxyl groups is 1. The molecular weight excluding hydrogens is 280 g/mol. The van der Waals surface area contributed by atoms with Crippen LogP contribution in [0.25, 0.3) is 0 Å². The van der Waals surface area contributed by atoms with Gasteiger partial charge in [-0.15, -0.1) is 0 Å². The molecule has 0 aliphatic rings. The molecule has 0 spiro atoms. The number of hydrogen-bond donors (Lipinski definition) is 2. The van der Waals surface area contributed by atoms with E-state index in [4.69, 9.17) is 0 Å². The Labute approximate surface area is 129 Å². The summed E-state index contributed by atoms with van der Waals surface area (Å²) >= 11 is 0. The molecule has 0 saturated heterocycles. The number of aliphatic hydroxyl groups excluding tert-OH is 1. The van der Waals surface area contributed by atoms with Crippen molar-refractivity contribution in [3.05, 3.63) is 75.3 Å². The molecule has 0 fully saturated rings. The van der Waals surface area contributed by atoms with Crippen LogP contribution in [0.1, 0.15) is 29.2 Å². The second-order valence-electron chi connectivity index (χ2n) is 5.23. The van der Waals surface area contributed by atoms with E-state index in [1.54, 1.807) is 19.1 Å². The summed E-state index contributed by atoms with van der Waals surface area (Å²) in [5.41, 5.74) is 2.75. The topological polar surface area (TPSA) is 75.4 Å². The van der Waals surface area contributed by atoms with Crippen molar-refractivity contribution in [1.82, 2.24) is 5.32 Å². The van der Waals surface area contributed by atoms with Gasteiger partial charge in [0.2, 0.25) is 0 Å². The molecule has 1 atom stereocenters. The molecule has 5 heteroatoms. The van der Waals surface area contributed by atoms with E-state index in [1.165, 1.54) is 0 Å². The Morgan fingerprint density at radius 3 is 2.59 bits per heavy atom. The zero-order valence-electron chi connectivity index (χ0n) is 12.5. The lowest BCUT2D eigenvalue weighted by Gasteiger charge is -2.18. The summed E-state index contributed by atoms with van der Waals surface area (Å²) in [6.45, 7) is 2.33. The SMILES string of the molecule is Cc1ccc(CN[C@H](CCO)c2ccccc2)cc1[N+](=O)[O-]. The van der Waals surface area contributed by atoms with Crippen LogP contribution in [0, 0.1) is 17.0 Å². The monoisotopic (exact) mass is 300 g/mol. The van der Waals surface area contributed by atoms with Gasteiger partial charge in [0.15, 0.2) is 0 Å². The van der Waals surface area contributed by atoms with E-state index >= 15 is 0 Å². The minimum atomic E-state index is -0.360. The van der Waals surface area contributed by atoms with Gasteiger partial charge in [-0.05, 0) is 24.5 Å². The molecule has 0 radical (unpaired) electrons. The molecule has 0 aliphatic heterocycles. The van der Waals surface area contributed by atoms with Crippen LogP contribution in [0.4, 0.5) is 5.69 Å². The molecule has 0 bridgehead atoms. The third kappa shape index (κ3) is 4.13. The van der Waals surface area contributed by atoms with E-state index < -0.39 is 0 Å². The van der Waals surface area contributed by atoms with E-state index in [0.29, 0.717) is 18.5 Å². The van der Waals surface area contributed by atoms with Gasteiger partial charge in [-0.25, -0.2) is 0 Å². The lowest BCUT2D eigenvalue weighted by atomic mass is 10.0. The lowest BCUT2D eigenvalue weighted by molar-refractivity contribution is -0.385. The van der Waals surface area contributed by atoms with E-state index in [-0.39, 0.29) is 23.3 Å². The number of aryl methyl sites for hydroxylation is 1. The van der Waals surface area contributed by atoms with Gasteiger partial charge in [-0.3, -0.25) is 10.1 Å². The average molecular weight is 300 g/mol. The third-order valence-electron chi connectivity index (χ3n) is 3.64. The predicted molar refractivity (Wildman–Crippen MR) is 85.6 cm³/mol. The standard InChI is InChI=1S/C17H20N2O3/c1-13-7-8-14(11-17(13)19(21)22)12-18-16(9-10-20)15-5-3-2-4-6-15/h2-8,11,16,18,20H,9-10,12H2,1H3/t16-/m1/s1. The first-order chi connectivity index (χ1) is 10.6. The third-order valence-corrected chi connectivity index (χ3v) is 3.64. The highest BCUT2D eigenvalue weighted by molar-refractivity contribution is 5.42. The zero-order chi connectivity index (χ0) is 15.9.